The Hall–Kier alpha value is -2.75. The van der Waals surface area contributed by atoms with Crippen molar-refractivity contribution in [1.82, 2.24) is 0 Å². The Bertz CT molecular complexity index is 689. The highest BCUT2D eigenvalue weighted by molar-refractivity contribution is 5.91. The number of hydrogen-bond acceptors (Lipinski definition) is 4. The lowest BCUT2D eigenvalue weighted by Crippen LogP contribution is -2.09. The van der Waals surface area contributed by atoms with E-state index in [0.29, 0.717) is 30.4 Å². The van der Waals surface area contributed by atoms with Gasteiger partial charge in [0, 0.05) is 0 Å². The molecule has 0 aliphatic heterocycles. The zero-order valence-corrected chi connectivity index (χ0v) is 15.4. The lowest BCUT2D eigenvalue weighted by atomic mass is 10.1. The van der Waals surface area contributed by atoms with Crippen molar-refractivity contribution in [2.45, 2.75) is 26.7 Å². The molecule has 0 saturated carbocycles. The summed E-state index contributed by atoms with van der Waals surface area (Å²) in [5.74, 6) is 2.06. The molecule has 0 N–H and O–H groups in total. The summed E-state index contributed by atoms with van der Waals surface area (Å²) in [6.45, 7) is 9.17. The second-order valence-electron chi connectivity index (χ2n) is 6.14. The minimum atomic E-state index is -0.404. The summed E-state index contributed by atoms with van der Waals surface area (Å²) in [5.41, 5.74) is 0.479. The van der Waals surface area contributed by atoms with E-state index in [1.165, 1.54) is 0 Å². The van der Waals surface area contributed by atoms with Gasteiger partial charge in [-0.25, -0.2) is 4.79 Å². The summed E-state index contributed by atoms with van der Waals surface area (Å²) >= 11 is 0. The maximum atomic E-state index is 12.2. The second kappa shape index (κ2) is 10.3. The molecule has 0 fully saturated rings. The highest BCUT2D eigenvalue weighted by atomic mass is 16.5. The van der Waals surface area contributed by atoms with Gasteiger partial charge in [0.1, 0.15) is 17.2 Å². The van der Waals surface area contributed by atoms with Crippen molar-refractivity contribution in [3.63, 3.8) is 0 Å². The summed E-state index contributed by atoms with van der Waals surface area (Å²) in [7, 11) is 0. The van der Waals surface area contributed by atoms with Gasteiger partial charge < -0.3 is 14.2 Å². The summed E-state index contributed by atoms with van der Waals surface area (Å²) in [5, 5.41) is 0. The fourth-order valence-corrected chi connectivity index (χ4v) is 2.07. The van der Waals surface area contributed by atoms with Gasteiger partial charge in [0.15, 0.2) is 0 Å². The summed E-state index contributed by atoms with van der Waals surface area (Å²) in [4.78, 5) is 12.2. The van der Waals surface area contributed by atoms with E-state index < -0.39 is 5.97 Å². The molecule has 4 heteroatoms. The molecular formula is C22H26O4. The Morgan fingerprint density at radius 1 is 1.00 bits per heavy atom. The van der Waals surface area contributed by atoms with E-state index in [1.54, 1.807) is 54.6 Å². The summed E-state index contributed by atoms with van der Waals surface area (Å²) in [6.07, 6.45) is 3.66. The Kier molecular flexibility index (Phi) is 7.75. The Morgan fingerprint density at radius 2 is 1.58 bits per heavy atom. The van der Waals surface area contributed by atoms with Crippen LogP contribution in [-0.4, -0.2) is 19.2 Å². The molecule has 0 aromatic heterocycles. The molecule has 0 spiro atoms. The molecule has 0 saturated heterocycles. The molecular weight excluding hydrogens is 328 g/mol. The van der Waals surface area contributed by atoms with Crippen LogP contribution in [0.25, 0.3) is 0 Å². The van der Waals surface area contributed by atoms with Gasteiger partial charge in [-0.1, -0.05) is 26.3 Å². The number of carbonyl (C=O) groups is 1. The average molecular weight is 354 g/mol. The first-order valence-corrected chi connectivity index (χ1v) is 8.91. The van der Waals surface area contributed by atoms with Crippen LogP contribution in [0.15, 0.2) is 61.2 Å². The van der Waals surface area contributed by atoms with E-state index in [0.717, 1.165) is 24.3 Å². The largest absolute Gasteiger partial charge is 0.493 e. The van der Waals surface area contributed by atoms with Gasteiger partial charge in [0.25, 0.3) is 0 Å². The van der Waals surface area contributed by atoms with Gasteiger partial charge in [0.2, 0.25) is 0 Å². The highest BCUT2D eigenvalue weighted by Gasteiger charge is 2.09. The molecule has 26 heavy (non-hydrogen) atoms. The molecule has 0 unspecified atom stereocenters. The molecule has 2 aromatic rings. The topological polar surface area (TPSA) is 44.8 Å². The van der Waals surface area contributed by atoms with Crippen LogP contribution >= 0.6 is 0 Å². The molecule has 2 aromatic carbocycles. The van der Waals surface area contributed by atoms with Crippen LogP contribution in [0.5, 0.6) is 17.2 Å². The van der Waals surface area contributed by atoms with E-state index in [2.05, 4.69) is 20.4 Å². The van der Waals surface area contributed by atoms with Gasteiger partial charge in [-0.2, -0.15) is 0 Å². The van der Waals surface area contributed by atoms with Gasteiger partial charge in [-0.05, 0) is 60.9 Å². The lowest BCUT2D eigenvalue weighted by Gasteiger charge is -2.11. The third kappa shape index (κ3) is 6.28. The Labute approximate surface area is 155 Å². The van der Waals surface area contributed by atoms with E-state index in [4.69, 9.17) is 14.2 Å². The van der Waals surface area contributed by atoms with Crippen LogP contribution < -0.4 is 14.2 Å². The second-order valence-corrected chi connectivity index (χ2v) is 6.14. The van der Waals surface area contributed by atoms with Crippen LogP contribution in [-0.2, 0) is 0 Å². The van der Waals surface area contributed by atoms with E-state index in [-0.39, 0.29) is 0 Å². The fourth-order valence-electron chi connectivity index (χ4n) is 2.07. The molecule has 0 aliphatic rings. The Morgan fingerprint density at radius 3 is 2.19 bits per heavy atom. The molecule has 138 valence electrons. The molecule has 4 nitrogen and oxygen atoms in total. The predicted molar refractivity (Wildman–Crippen MR) is 103 cm³/mol. The van der Waals surface area contributed by atoms with Crippen molar-refractivity contribution in [3.05, 3.63) is 66.7 Å². The van der Waals surface area contributed by atoms with Gasteiger partial charge in [0.05, 0.1) is 18.8 Å². The normalized spacial score (nSPS) is 11.5. The van der Waals surface area contributed by atoms with E-state index >= 15 is 0 Å². The number of hydrogen-bond donors (Lipinski definition) is 0. The van der Waals surface area contributed by atoms with Crippen LogP contribution in [0.2, 0.25) is 0 Å². The molecule has 0 amide bonds. The van der Waals surface area contributed by atoms with Gasteiger partial charge >= 0.3 is 5.97 Å². The zero-order valence-electron chi connectivity index (χ0n) is 15.4. The zero-order chi connectivity index (χ0) is 18.8. The monoisotopic (exact) mass is 354 g/mol. The molecule has 0 aliphatic carbocycles. The number of carbonyl (C=O) groups excluding carboxylic acids is 1. The minimum Gasteiger partial charge on any atom is -0.493 e. The minimum absolute atomic E-state index is 0.404. The third-order valence-corrected chi connectivity index (χ3v) is 3.95. The van der Waals surface area contributed by atoms with Crippen molar-refractivity contribution in [1.29, 1.82) is 0 Å². The van der Waals surface area contributed by atoms with Crippen molar-refractivity contribution in [2.24, 2.45) is 5.92 Å². The number of rotatable bonds is 10. The van der Waals surface area contributed by atoms with E-state index in [9.17, 15) is 4.79 Å². The first-order chi connectivity index (χ1) is 12.6. The lowest BCUT2D eigenvalue weighted by molar-refractivity contribution is 0.0734. The average Bonchev–Trinajstić information content (AvgIpc) is 2.68. The van der Waals surface area contributed by atoms with Crippen molar-refractivity contribution >= 4 is 5.97 Å². The first-order valence-electron chi connectivity index (χ1n) is 8.91. The third-order valence-electron chi connectivity index (χ3n) is 3.95. The molecule has 0 heterocycles. The molecule has 1 atom stereocenters. The number of esters is 1. The quantitative estimate of drug-likeness (QED) is 0.252. The number of benzene rings is 2. The summed E-state index contributed by atoms with van der Waals surface area (Å²) < 4.78 is 16.6. The first kappa shape index (κ1) is 19.6. The SMILES string of the molecule is C=CCCOc1ccc(OC(=O)c2ccc(OC[C@@H](C)CC)cc2)cc1. The van der Waals surface area contributed by atoms with Crippen molar-refractivity contribution in [3.8, 4) is 17.2 Å². The maximum absolute atomic E-state index is 12.2. The maximum Gasteiger partial charge on any atom is 0.343 e. The van der Waals surface area contributed by atoms with Crippen LogP contribution in [0, 0.1) is 5.92 Å². The fraction of sp³-hybridized carbons (Fsp3) is 0.318. The van der Waals surface area contributed by atoms with Gasteiger partial charge in [-0.3, -0.25) is 0 Å². The smallest absolute Gasteiger partial charge is 0.343 e. The highest BCUT2D eigenvalue weighted by Crippen LogP contribution is 2.20. The molecule has 0 radical (unpaired) electrons. The molecule has 0 bridgehead atoms. The van der Waals surface area contributed by atoms with Crippen molar-refractivity contribution < 1.29 is 19.0 Å². The van der Waals surface area contributed by atoms with Crippen LogP contribution in [0.4, 0.5) is 0 Å². The molecule has 2 rings (SSSR count). The number of ether oxygens (including phenoxy) is 3. The van der Waals surface area contributed by atoms with Gasteiger partial charge in [-0.15, -0.1) is 6.58 Å². The van der Waals surface area contributed by atoms with Crippen molar-refractivity contribution in [2.75, 3.05) is 13.2 Å². The Balaban J connectivity index is 1.87. The van der Waals surface area contributed by atoms with Crippen LogP contribution in [0.1, 0.15) is 37.0 Å². The summed E-state index contributed by atoms with van der Waals surface area (Å²) in [6, 6.07) is 14.0. The standard InChI is InChI=1S/C22H26O4/c1-4-6-15-24-19-11-13-21(14-12-19)26-22(23)18-7-9-20(10-8-18)25-16-17(3)5-2/h4,7-14,17H,1,5-6,15-16H2,2-3H3/t17-/m0/s1. The predicted octanol–water partition coefficient (Wildman–Crippen LogP) is 5.29. The van der Waals surface area contributed by atoms with E-state index in [1.807, 2.05) is 0 Å². The van der Waals surface area contributed by atoms with Crippen LogP contribution in [0.3, 0.4) is 0 Å².